The Hall–Kier alpha value is -7.44. The molecule has 0 atom stereocenters. The third-order valence-corrected chi connectivity index (χ3v) is 11.7. The zero-order valence-corrected chi connectivity index (χ0v) is 31.0. The van der Waals surface area contributed by atoms with Gasteiger partial charge in [-0.15, -0.1) is 0 Å². The van der Waals surface area contributed by atoms with Crippen molar-refractivity contribution in [2.45, 2.75) is 12.8 Å². The maximum atomic E-state index is 6.46. The van der Waals surface area contributed by atoms with Crippen molar-refractivity contribution >= 4 is 77.7 Å². The van der Waals surface area contributed by atoms with E-state index >= 15 is 0 Å². The van der Waals surface area contributed by atoms with Crippen molar-refractivity contribution in [2.24, 2.45) is 0 Å². The summed E-state index contributed by atoms with van der Waals surface area (Å²) in [7, 11) is 0. The van der Waals surface area contributed by atoms with Crippen LogP contribution in [0.25, 0.3) is 94.5 Å². The Labute approximate surface area is 328 Å². The molecule has 1 N–H and O–H groups in total. The van der Waals surface area contributed by atoms with Gasteiger partial charge in [0.05, 0.1) is 39.1 Å². The van der Waals surface area contributed by atoms with Crippen LogP contribution in [0.2, 0.25) is 0 Å². The maximum Gasteiger partial charge on any atom is 0.135 e. The van der Waals surface area contributed by atoms with E-state index in [4.69, 9.17) is 14.4 Å². The standard InChI is InChI=1S/C51H35N5O/c1-2-10-35(11-3-1)55-44-21-17-32(29-41(44)50-46(55)15-8-26-53-50)33-19-23-48-39(28-33)40-31-36(20-24-49(40)57-48)56-45-22-18-34(30-42(45)51-47(56)16-9-27-54-51)37-12-4-5-13-38(37)43-14-6-7-25-52-43/h1-4,6-12,14-25,27-31,53H,5,13,26H2. The highest BCUT2D eigenvalue weighted by atomic mass is 16.3. The molecule has 0 unspecified atom stereocenters. The third kappa shape index (κ3) is 4.97. The van der Waals surface area contributed by atoms with Crippen LogP contribution in [0.5, 0.6) is 0 Å². The van der Waals surface area contributed by atoms with Crippen molar-refractivity contribution in [1.29, 1.82) is 0 Å². The lowest BCUT2D eigenvalue weighted by molar-refractivity contribution is 0.669. The number of pyridine rings is 2. The van der Waals surface area contributed by atoms with Gasteiger partial charge in [-0.1, -0.05) is 60.7 Å². The molecule has 1 aliphatic carbocycles. The monoisotopic (exact) mass is 733 g/mol. The van der Waals surface area contributed by atoms with Crippen LogP contribution in [0.3, 0.4) is 0 Å². The molecule has 0 bridgehead atoms. The van der Waals surface area contributed by atoms with Gasteiger partial charge in [-0.25, -0.2) is 0 Å². The molecule has 5 aromatic carbocycles. The van der Waals surface area contributed by atoms with Crippen LogP contribution in [0.1, 0.15) is 29.8 Å². The molecule has 6 heterocycles. The summed E-state index contributed by atoms with van der Waals surface area (Å²) >= 11 is 0. The molecular formula is C51H35N5O. The second kappa shape index (κ2) is 12.5. The normalized spacial score (nSPS) is 14.0. The minimum atomic E-state index is 0.811. The van der Waals surface area contributed by atoms with Gasteiger partial charge in [-0.2, -0.15) is 0 Å². The molecule has 0 saturated carbocycles. The average molecular weight is 734 g/mol. The molecule has 5 aromatic heterocycles. The van der Waals surface area contributed by atoms with Gasteiger partial charge in [0.25, 0.3) is 0 Å². The van der Waals surface area contributed by atoms with Gasteiger partial charge in [0.2, 0.25) is 0 Å². The van der Waals surface area contributed by atoms with Gasteiger partial charge >= 0.3 is 0 Å². The Bertz CT molecular complexity index is 3340. The lowest BCUT2D eigenvalue weighted by Gasteiger charge is -2.16. The van der Waals surface area contributed by atoms with Crippen LogP contribution in [-0.4, -0.2) is 25.6 Å². The van der Waals surface area contributed by atoms with Gasteiger partial charge in [0.1, 0.15) is 11.2 Å². The summed E-state index contributed by atoms with van der Waals surface area (Å²) < 4.78 is 11.1. The molecule has 270 valence electrons. The summed E-state index contributed by atoms with van der Waals surface area (Å²) in [5.41, 5.74) is 17.7. The van der Waals surface area contributed by atoms with E-state index in [0.29, 0.717) is 0 Å². The smallest absolute Gasteiger partial charge is 0.135 e. The number of benzene rings is 5. The largest absolute Gasteiger partial charge is 0.456 e. The van der Waals surface area contributed by atoms with E-state index in [0.717, 1.165) is 91.5 Å². The van der Waals surface area contributed by atoms with E-state index in [9.17, 15) is 0 Å². The summed E-state index contributed by atoms with van der Waals surface area (Å²) in [5, 5.41) is 8.17. The number of para-hydroxylation sites is 1. The van der Waals surface area contributed by atoms with E-state index in [1.165, 1.54) is 39.0 Å². The molecule has 0 amide bonds. The van der Waals surface area contributed by atoms with Crippen LogP contribution in [0.4, 0.5) is 5.69 Å². The van der Waals surface area contributed by atoms with Gasteiger partial charge < -0.3 is 18.9 Å². The van der Waals surface area contributed by atoms with Gasteiger partial charge in [0.15, 0.2) is 0 Å². The summed E-state index contributed by atoms with van der Waals surface area (Å²) in [5.74, 6) is 0. The summed E-state index contributed by atoms with van der Waals surface area (Å²) in [6.07, 6.45) is 14.7. The first kappa shape index (κ1) is 31.9. The summed E-state index contributed by atoms with van der Waals surface area (Å²) in [6, 6.07) is 47.7. The van der Waals surface area contributed by atoms with E-state index in [1.807, 2.05) is 24.5 Å². The maximum absolute atomic E-state index is 6.46. The van der Waals surface area contributed by atoms with E-state index < -0.39 is 0 Å². The molecule has 57 heavy (non-hydrogen) atoms. The Kier molecular flexibility index (Phi) is 7.01. The van der Waals surface area contributed by atoms with Gasteiger partial charge in [0, 0.05) is 51.9 Å². The SMILES string of the molecule is C1=CC(c2ccc3c(c2)c2ncccc2n3-c2ccc3oc4ccc(-c5ccc6c(c5)c5c(n6-c6ccccc6)C=CCN5)cc4c3c2)=C(c2ccccn2)CC1. The zero-order chi connectivity index (χ0) is 37.5. The Morgan fingerprint density at radius 3 is 2.18 bits per heavy atom. The first-order chi connectivity index (χ1) is 28.3. The molecule has 10 aromatic rings. The first-order valence-electron chi connectivity index (χ1n) is 19.6. The number of furan rings is 1. The molecular weight excluding hydrogens is 699 g/mol. The number of nitrogens with zero attached hydrogens (tertiary/aromatic N) is 4. The lowest BCUT2D eigenvalue weighted by atomic mass is 9.89. The lowest BCUT2D eigenvalue weighted by Crippen LogP contribution is -2.05. The number of nitrogens with one attached hydrogen (secondary N) is 1. The number of hydrogen-bond donors (Lipinski definition) is 1. The highest BCUT2D eigenvalue weighted by Crippen LogP contribution is 2.42. The predicted molar refractivity (Wildman–Crippen MR) is 235 cm³/mol. The average Bonchev–Trinajstić information content (AvgIpc) is 3.93. The van der Waals surface area contributed by atoms with Crippen LogP contribution in [-0.2, 0) is 0 Å². The van der Waals surface area contributed by atoms with Crippen LogP contribution in [0, 0.1) is 0 Å². The van der Waals surface area contributed by atoms with Crippen molar-refractivity contribution in [3.63, 3.8) is 0 Å². The zero-order valence-electron chi connectivity index (χ0n) is 31.0. The molecule has 12 rings (SSSR count). The third-order valence-electron chi connectivity index (χ3n) is 11.7. The molecule has 0 saturated heterocycles. The van der Waals surface area contributed by atoms with E-state index in [1.54, 1.807) is 0 Å². The molecule has 6 heteroatoms. The number of allylic oxidation sites excluding steroid dienone is 4. The highest BCUT2D eigenvalue weighted by Gasteiger charge is 2.21. The fourth-order valence-electron chi connectivity index (χ4n) is 9.13. The predicted octanol–water partition coefficient (Wildman–Crippen LogP) is 12.8. The van der Waals surface area contributed by atoms with Gasteiger partial charge in [-0.3, -0.25) is 9.97 Å². The number of aromatic nitrogens is 4. The van der Waals surface area contributed by atoms with Gasteiger partial charge in [-0.05, 0) is 138 Å². The second-order valence-corrected chi connectivity index (χ2v) is 14.9. The molecule has 6 nitrogen and oxygen atoms in total. The van der Waals surface area contributed by atoms with Crippen molar-refractivity contribution < 1.29 is 4.42 Å². The van der Waals surface area contributed by atoms with Crippen LogP contribution in [0.15, 0.2) is 168 Å². The number of fused-ring (bicyclic) bond motifs is 9. The molecule has 0 spiro atoms. The van der Waals surface area contributed by atoms with Crippen molar-refractivity contribution in [3.8, 4) is 22.5 Å². The minimum Gasteiger partial charge on any atom is -0.456 e. The van der Waals surface area contributed by atoms with Crippen molar-refractivity contribution in [1.82, 2.24) is 19.1 Å². The minimum absolute atomic E-state index is 0.811. The molecule has 2 aliphatic rings. The Morgan fingerprint density at radius 2 is 1.30 bits per heavy atom. The van der Waals surface area contributed by atoms with Crippen LogP contribution >= 0.6 is 0 Å². The highest BCUT2D eigenvalue weighted by molar-refractivity contribution is 6.11. The fourth-order valence-corrected chi connectivity index (χ4v) is 9.13. The number of rotatable bonds is 5. The Morgan fingerprint density at radius 1 is 0.544 bits per heavy atom. The van der Waals surface area contributed by atoms with E-state index in [-0.39, 0.29) is 0 Å². The Balaban J connectivity index is 0.991. The summed E-state index contributed by atoms with van der Waals surface area (Å²) in [6.45, 7) is 0.811. The quantitative estimate of drug-likeness (QED) is 0.191. The van der Waals surface area contributed by atoms with E-state index in [2.05, 4.69) is 160 Å². The van der Waals surface area contributed by atoms with Crippen molar-refractivity contribution in [2.75, 3.05) is 11.9 Å². The fraction of sp³-hybridized carbons (Fsp3) is 0.0588. The van der Waals surface area contributed by atoms with Crippen molar-refractivity contribution in [3.05, 3.63) is 181 Å². The molecule has 0 radical (unpaired) electrons. The topological polar surface area (TPSA) is 60.8 Å². The molecule has 0 fully saturated rings. The number of anilines is 1. The summed E-state index contributed by atoms with van der Waals surface area (Å²) in [4.78, 5) is 9.65. The number of hydrogen-bond acceptors (Lipinski definition) is 4. The first-order valence-corrected chi connectivity index (χ1v) is 19.6. The second-order valence-electron chi connectivity index (χ2n) is 14.9. The van der Waals surface area contributed by atoms with Crippen LogP contribution < -0.4 is 5.32 Å². The molecule has 1 aliphatic heterocycles.